The molecule has 0 aliphatic carbocycles. The molecule has 0 aromatic rings. The SMILES string of the molecule is O=C(CN1CCOC1=O)N1CC2CNCC2(CO)C1. The van der Waals surface area contributed by atoms with E-state index >= 15 is 0 Å². The Hall–Kier alpha value is -1.34. The van der Waals surface area contributed by atoms with Crippen LogP contribution < -0.4 is 5.32 Å². The second kappa shape index (κ2) is 4.64. The summed E-state index contributed by atoms with van der Waals surface area (Å²) in [5.41, 5.74) is -0.193. The fourth-order valence-electron chi connectivity index (χ4n) is 3.27. The number of nitrogens with one attached hydrogen (secondary N) is 1. The minimum absolute atomic E-state index is 0.0546. The number of ether oxygens (including phenoxy) is 1. The van der Waals surface area contributed by atoms with Gasteiger partial charge in [0.2, 0.25) is 5.91 Å². The lowest BCUT2D eigenvalue weighted by Crippen LogP contribution is -2.42. The van der Waals surface area contributed by atoms with Crippen LogP contribution in [0.15, 0.2) is 0 Å². The Kier molecular flexibility index (Phi) is 3.10. The molecule has 0 spiro atoms. The fourth-order valence-corrected chi connectivity index (χ4v) is 3.27. The van der Waals surface area contributed by atoms with Crippen LogP contribution in [-0.4, -0.2) is 79.4 Å². The zero-order chi connectivity index (χ0) is 13.5. The molecule has 106 valence electrons. The molecule has 3 heterocycles. The molecule has 19 heavy (non-hydrogen) atoms. The first-order valence-corrected chi connectivity index (χ1v) is 6.66. The minimum Gasteiger partial charge on any atom is -0.448 e. The Balaban J connectivity index is 1.61. The molecule has 3 rings (SSSR count). The monoisotopic (exact) mass is 269 g/mol. The van der Waals surface area contributed by atoms with E-state index in [9.17, 15) is 14.7 Å². The van der Waals surface area contributed by atoms with Crippen molar-refractivity contribution in [3.05, 3.63) is 0 Å². The highest BCUT2D eigenvalue weighted by Gasteiger charge is 2.50. The van der Waals surface area contributed by atoms with E-state index < -0.39 is 6.09 Å². The molecule has 2 amide bonds. The molecule has 3 fully saturated rings. The van der Waals surface area contributed by atoms with Crippen molar-refractivity contribution in [2.24, 2.45) is 11.3 Å². The molecule has 0 aromatic heterocycles. The lowest BCUT2D eigenvalue weighted by Gasteiger charge is -2.25. The van der Waals surface area contributed by atoms with Gasteiger partial charge in [-0.3, -0.25) is 9.69 Å². The van der Waals surface area contributed by atoms with Crippen LogP contribution in [0.2, 0.25) is 0 Å². The molecule has 2 N–H and O–H groups in total. The number of amides is 2. The standard InChI is InChI=1S/C12H19N3O4/c16-8-12-6-13-3-9(12)4-15(7-12)10(17)5-14-1-2-19-11(14)18/h9,13,16H,1-8H2. The van der Waals surface area contributed by atoms with Crippen molar-refractivity contribution in [1.29, 1.82) is 0 Å². The third kappa shape index (κ3) is 2.06. The second-order valence-electron chi connectivity index (χ2n) is 5.66. The van der Waals surface area contributed by atoms with Crippen molar-refractivity contribution in [3.8, 4) is 0 Å². The summed E-state index contributed by atoms with van der Waals surface area (Å²) in [6.45, 7) is 3.85. The first-order chi connectivity index (χ1) is 9.14. The smallest absolute Gasteiger partial charge is 0.410 e. The normalized spacial score (nSPS) is 33.7. The Labute approximate surface area is 111 Å². The van der Waals surface area contributed by atoms with Gasteiger partial charge in [0.15, 0.2) is 0 Å². The molecule has 0 aromatic carbocycles. The van der Waals surface area contributed by atoms with E-state index in [4.69, 9.17) is 4.74 Å². The van der Waals surface area contributed by atoms with Crippen molar-refractivity contribution >= 4 is 12.0 Å². The number of rotatable bonds is 3. The Bertz CT molecular complexity index is 402. The molecule has 3 aliphatic rings. The minimum atomic E-state index is -0.411. The number of carbonyl (C=O) groups excluding carboxylic acids is 2. The highest BCUT2D eigenvalue weighted by molar-refractivity contribution is 5.83. The van der Waals surface area contributed by atoms with E-state index in [0.717, 1.165) is 13.1 Å². The summed E-state index contributed by atoms with van der Waals surface area (Å²) in [5.74, 6) is 0.257. The molecule has 0 saturated carbocycles. The van der Waals surface area contributed by atoms with Gasteiger partial charge < -0.3 is 20.1 Å². The fraction of sp³-hybridized carbons (Fsp3) is 0.833. The number of cyclic esters (lactones) is 1. The van der Waals surface area contributed by atoms with Gasteiger partial charge in [0.05, 0.1) is 13.2 Å². The molecule has 3 aliphatic heterocycles. The van der Waals surface area contributed by atoms with Crippen LogP contribution in [0, 0.1) is 11.3 Å². The van der Waals surface area contributed by atoms with Gasteiger partial charge >= 0.3 is 6.09 Å². The van der Waals surface area contributed by atoms with E-state index in [1.54, 1.807) is 4.90 Å². The third-order valence-corrected chi connectivity index (χ3v) is 4.52. The van der Waals surface area contributed by atoms with Gasteiger partial charge in [-0.2, -0.15) is 0 Å². The van der Waals surface area contributed by atoms with E-state index in [2.05, 4.69) is 5.32 Å². The lowest BCUT2D eigenvalue weighted by atomic mass is 9.82. The van der Waals surface area contributed by atoms with Crippen LogP contribution in [0.4, 0.5) is 4.79 Å². The van der Waals surface area contributed by atoms with E-state index in [1.807, 2.05) is 0 Å². The molecular formula is C12H19N3O4. The maximum Gasteiger partial charge on any atom is 0.410 e. The largest absolute Gasteiger partial charge is 0.448 e. The highest BCUT2D eigenvalue weighted by Crippen LogP contribution is 2.38. The summed E-state index contributed by atoms with van der Waals surface area (Å²) >= 11 is 0. The molecule has 7 heteroatoms. The average molecular weight is 269 g/mol. The molecule has 3 saturated heterocycles. The number of likely N-dealkylation sites (tertiary alicyclic amines) is 1. The van der Waals surface area contributed by atoms with Crippen LogP contribution in [0.5, 0.6) is 0 Å². The van der Waals surface area contributed by atoms with E-state index in [-0.39, 0.29) is 24.5 Å². The summed E-state index contributed by atoms with van der Waals surface area (Å²) in [6, 6.07) is 0. The van der Waals surface area contributed by atoms with Gasteiger partial charge in [0.1, 0.15) is 13.2 Å². The van der Waals surface area contributed by atoms with Gasteiger partial charge in [-0.1, -0.05) is 0 Å². The third-order valence-electron chi connectivity index (χ3n) is 4.52. The number of aliphatic hydroxyl groups is 1. The summed E-state index contributed by atoms with van der Waals surface area (Å²) in [7, 11) is 0. The zero-order valence-corrected chi connectivity index (χ0v) is 10.8. The highest BCUT2D eigenvalue weighted by atomic mass is 16.6. The number of aliphatic hydroxyl groups excluding tert-OH is 1. The molecular weight excluding hydrogens is 250 g/mol. The quantitative estimate of drug-likeness (QED) is 0.650. The second-order valence-corrected chi connectivity index (χ2v) is 5.66. The first-order valence-electron chi connectivity index (χ1n) is 6.66. The summed E-state index contributed by atoms with van der Waals surface area (Å²) in [4.78, 5) is 26.7. The summed E-state index contributed by atoms with van der Waals surface area (Å²) in [6.07, 6.45) is -0.411. The Morgan fingerprint density at radius 3 is 3.05 bits per heavy atom. The number of hydrogen-bond acceptors (Lipinski definition) is 5. The Morgan fingerprint density at radius 1 is 1.58 bits per heavy atom. The van der Waals surface area contributed by atoms with Crippen LogP contribution in [0.25, 0.3) is 0 Å². The van der Waals surface area contributed by atoms with Crippen molar-refractivity contribution in [2.45, 2.75) is 0 Å². The molecule has 0 radical (unpaired) electrons. The van der Waals surface area contributed by atoms with Crippen molar-refractivity contribution in [1.82, 2.24) is 15.1 Å². The van der Waals surface area contributed by atoms with Crippen LogP contribution in [0.3, 0.4) is 0 Å². The first kappa shape index (κ1) is 12.7. The number of nitrogens with zero attached hydrogens (tertiary/aromatic N) is 2. The van der Waals surface area contributed by atoms with Gasteiger partial charge in [0, 0.05) is 31.6 Å². The Morgan fingerprint density at radius 2 is 2.42 bits per heavy atom. The number of hydrogen-bond donors (Lipinski definition) is 2. The van der Waals surface area contributed by atoms with Crippen molar-refractivity contribution < 1.29 is 19.4 Å². The van der Waals surface area contributed by atoms with Gasteiger partial charge in [-0.25, -0.2) is 4.79 Å². The van der Waals surface area contributed by atoms with Crippen LogP contribution >= 0.6 is 0 Å². The van der Waals surface area contributed by atoms with Gasteiger partial charge in [-0.05, 0) is 5.92 Å². The van der Waals surface area contributed by atoms with E-state index in [0.29, 0.717) is 32.2 Å². The maximum absolute atomic E-state index is 12.2. The van der Waals surface area contributed by atoms with Gasteiger partial charge in [0.25, 0.3) is 0 Å². The number of carbonyl (C=O) groups is 2. The zero-order valence-electron chi connectivity index (χ0n) is 10.8. The average Bonchev–Trinajstić information content (AvgIpc) is 3.03. The molecule has 2 atom stereocenters. The molecule has 2 unspecified atom stereocenters. The molecule has 7 nitrogen and oxygen atoms in total. The summed E-state index contributed by atoms with van der Waals surface area (Å²) < 4.78 is 4.81. The summed E-state index contributed by atoms with van der Waals surface area (Å²) in [5, 5.41) is 12.9. The predicted molar refractivity (Wildman–Crippen MR) is 65.4 cm³/mol. The molecule has 0 bridgehead atoms. The lowest BCUT2D eigenvalue weighted by molar-refractivity contribution is -0.131. The van der Waals surface area contributed by atoms with Crippen LogP contribution in [0.1, 0.15) is 0 Å². The van der Waals surface area contributed by atoms with Gasteiger partial charge in [-0.15, -0.1) is 0 Å². The maximum atomic E-state index is 12.2. The van der Waals surface area contributed by atoms with Crippen LogP contribution in [-0.2, 0) is 9.53 Å². The number of fused-ring (bicyclic) bond motifs is 1. The topological polar surface area (TPSA) is 82.1 Å². The van der Waals surface area contributed by atoms with Crippen molar-refractivity contribution in [2.75, 3.05) is 52.5 Å². The van der Waals surface area contributed by atoms with E-state index in [1.165, 1.54) is 4.90 Å². The van der Waals surface area contributed by atoms with Crippen molar-refractivity contribution in [3.63, 3.8) is 0 Å². The predicted octanol–water partition coefficient (Wildman–Crippen LogP) is -1.52.